The van der Waals surface area contributed by atoms with E-state index in [2.05, 4.69) is 5.16 Å². The number of benzene rings is 1. The van der Waals surface area contributed by atoms with E-state index in [-0.39, 0.29) is 28.9 Å². The van der Waals surface area contributed by atoms with Crippen LogP contribution in [0.3, 0.4) is 0 Å². The van der Waals surface area contributed by atoms with Crippen molar-refractivity contribution in [1.29, 1.82) is 0 Å². The van der Waals surface area contributed by atoms with Gasteiger partial charge in [-0.1, -0.05) is 5.16 Å². The second kappa shape index (κ2) is 6.20. The molecule has 3 N–H and O–H groups in total. The van der Waals surface area contributed by atoms with Gasteiger partial charge in [-0.05, 0) is 25.0 Å². The number of nitro groups is 1. The minimum absolute atomic E-state index is 0.153. The first-order chi connectivity index (χ1) is 9.61. The van der Waals surface area contributed by atoms with Crippen molar-refractivity contribution in [3.63, 3.8) is 0 Å². The number of oxime groups is 1. The molecule has 0 radical (unpaired) electrons. The standard InChI is InChI=1S/C12H15N3O5/c13-12(14-16)8-3-4-11(10(6-8)15(17)18)20-9-2-1-5-19-7-9/h3-4,6,9,16H,1-2,5,7H2,(H2,13,14). The first-order valence-corrected chi connectivity index (χ1v) is 6.12. The van der Waals surface area contributed by atoms with Crippen LogP contribution >= 0.6 is 0 Å². The monoisotopic (exact) mass is 281 g/mol. The van der Waals surface area contributed by atoms with Crippen LogP contribution in [0.2, 0.25) is 0 Å². The Hall–Kier alpha value is -2.35. The summed E-state index contributed by atoms with van der Waals surface area (Å²) in [5.74, 6) is -0.0411. The Morgan fingerprint density at radius 1 is 1.60 bits per heavy atom. The number of hydrogen-bond donors (Lipinski definition) is 2. The molecule has 1 aromatic carbocycles. The molecule has 1 aromatic rings. The van der Waals surface area contributed by atoms with Gasteiger partial charge in [0.1, 0.15) is 6.10 Å². The second-order valence-corrected chi connectivity index (χ2v) is 4.38. The maximum Gasteiger partial charge on any atom is 0.311 e. The topological polar surface area (TPSA) is 120 Å². The molecule has 20 heavy (non-hydrogen) atoms. The Labute approximate surface area is 114 Å². The van der Waals surface area contributed by atoms with Crippen molar-refractivity contribution in [2.75, 3.05) is 13.2 Å². The summed E-state index contributed by atoms with van der Waals surface area (Å²) in [5, 5.41) is 22.5. The van der Waals surface area contributed by atoms with Crippen molar-refractivity contribution < 1.29 is 19.6 Å². The Morgan fingerprint density at radius 3 is 3.00 bits per heavy atom. The fraction of sp³-hybridized carbons (Fsp3) is 0.417. The van der Waals surface area contributed by atoms with Gasteiger partial charge in [0, 0.05) is 18.2 Å². The zero-order valence-corrected chi connectivity index (χ0v) is 10.7. The fourth-order valence-corrected chi connectivity index (χ4v) is 1.96. The van der Waals surface area contributed by atoms with Gasteiger partial charge >= 0.3 is 5.69 Å². The largest absolute Gasteiger partial charge is 0.481 e. The molecule has 1 unspecified atom stereocenters. The van der Waals surface area contributed by atoms with Crippen molar-refractivity contribution in [3.05, 3.63) is 33.9 Å². The van der Waals surface area contributed by atoms with Gasteiger partial charge in [-0.25, -0.2) is 0 Å². The lowest BCUT2D eigenvalue weighted by atomic mass is 10.1. The van der Waals surface area contributed by atoms with E-state index >= 15 is 0 Å². The van der Waals surface area contributed by atoms with E-state index in [4.69, 9.17) is 20.4 Å². The van der Waals surface area contributed by atoms with Gasteiger partial charge in [-0.2, -0.15) is 0 Å². The third kappa shape index (κ3) is 3.15. The molecule has 2 rings (SSSR count). The lowest BCUT2D eigenvalue weighted by Crippen LogP contribution is -2.28. The van der Waals surface area contributed by atoms with Crippen LogP contribution in [0.25, 0.3) is 0 Å². The molecule has 108 valence electrons. The summed E-state index contributed by atoms with van der Waals surface area (Å²) in [7, 11) is 0. The predicted octanol–water partition coefficient (Wildman–Crippen LogP) is 1.25. The smallest absolute Gasteiger partial charge is 0.311 e. The molecule has 0 aliphatic carbocycles. The quantitative estimate of drug-likeness (QED) is 0.282. The number of hydrogen-bond acceptors (Lipinski definition) is 6. The van der Waals surface area contributed by atoms with Crippen molar-refractivity contribution in [2.45, 2.75) is 18.9 Å². The molecule has 0 aromatic heterocycles. The van der Waals surface area contributed by atoms with Gasteiger partial charge in [-0.15, -0.1) is 0 Å². The highest BCUT2D eigenvalue weighted by molar-refractivity contribution is 5.97. The van der Waals surface area contributed by atoms with E-state index < -0.39 is 4.92 Å². The van der Waals surface area contributed by atoms with Crippen molar-refractivity contribution in [2.24, 2.45) is 10.9 Å². The molecular weight excluding hydrogens is 266 g/mol. The molecular formula is C12H15N3O5. The van der Waals surface area contributed by atoms with Crippen LogP contribution in [0, 0.1) is 10.1 Å². The van der Waals surface area contributed by atoms with Gasteiger partial charge in [0.05, 0.1) is 11.5 Å². The van der Waals surface area contributed by atoms with Gasteiger partial charge in [0.25, 0.3) is 0 Å². The van der Waals surface area contributed by atoms with Crippen LogP contribution < -0.4 is 10.5 Å². The molecule has 1 aliphatic rings. The first kappa shape index (κ1) is 14.1. The summed E-state index contributed by atoms with van der Waals surface area (Å²) in [4.78, 5) is 10.5. The Morgan fingerprint density at radius 2 is 2.40 bits per heavy atom. The van der Waals surface area contributed by atoms with E-state index in [1.165, 1.54) is 18.2 Å². The molecule has 0 spiro atoms. The summed E-state index contributed by atoms with van der Waals surface area (Å²) >= 11 is 0. The predicted molar refractivity (Wildman–Crippen MR) is 70.1 cm³/mol. The van der Waals surface area contributed by atoms with Crippen LogP contribution in [-0.2, 0) is 4.74 Å². The number of nitro benzene ring substituents is 1. The van der Waals surface area contributed by atoms with Gasteiger partial charge in [0.2, 0.25) is 0 Å². The summed E-state index contributed by atoms with van der Waals surface area (Å²) in [6.07, 6.45) is 1.46. The van der Waals surface area contributed by atoms with E-state index in [1.807, 2.05) is 0 Å². The summed E-state index contributed by atoms with van der Waals surface area (Å²) < 4.78 is 10.9. The highest BCUT2D eigenvalue weighted by Crippen LogP contribution is 2.30. The zero-order chi connectivity index (χ0) is 14.5. The second-order valence-electron chi connectivity index (χ2n) is 4.38. The van der Waals surface area contributed by atoms with Crippen LogP contribution in [0.15, 0.2) is 23.4 Å². The molecule has 0 saturated carbocycles. The molecule has 1 atom stereocenters. The van der Waals surface area contributed by atoms with Gasteiger partial charge in [0.15, 0.2) is 11.6 Å². The summed E-state index contributed by atoms with van der Waals surface area (Å²) in [6.45, 7) is 1.10. The molecule has 1 saturated heterocycles. The minimum atomic E-state index is -0.562. The molecule has 8 nitrogen and oxygen atoms in total. The normalized spacial score (nSPS) is 19.6. The van der Waals surface area contributed by atoms with Gasteiger partial charge in [-0.3, -0.25) is 10.1 Å². The maximum absolute atomic E-state index is 11.1. The maximum atomic E-state index is 11.1. The molecule has 1 heterocycles. The number of ether oxygens (including phenoxy) is 2. The minimum Gasteiger partial charge on any atom is -0.481 e. The summed E-state index contributed by atoms with van der Waals surface area (Å²) in [6, 6.07) is 4.16. The number of nitrogens with two attached hydrogens (primary N) is 1. The number of rotatable bonds is 4. The first-order valence-electron chi connectivity index (χ1n) is 6.12. The number of nitrogens with zero attached hydrogens (tertiary/aromatic N) is 2. The lowest BCUT2D eigenvalue weighted by molar-refractivity contribution is -0.386. The van der Waals surface area contributed by atoms with Crippen LogP contribution in [0.1, 0.15) is 18.4 Å². The Kier molecular flexibility index (Phi) is 4.36. The Balaban J connectivity index is 2.25. The number of amidine groups is 1. The van der Waals surface area contributed by atoms with Crippen molar-refractivity contribution in [1.82, 2.24) is 0 Å². The van der Waals surface area contributed by atoms with Gasteiger partial charge < -0.3 is 20.4 Å². The van der Waals surface area contributed by atoms with Crippen molar-refractivity contribution in [3.8, 4) is 5.75 Å². The molecule has 1 aliphatic heterocycles. The molecule has 0 bridgehead atoms. The highest BCUT2D eigenvalue weighted by Gasteiger charge is 2.22. The van der Waals surface area contributed by atoms with E-state index in [1.54, 1.807) is 0 Å². The SMILES string of the molecule is N/C(=N/O)c1ccc(OC2CCCOC2)c([N+](=O)[O-])c1. The fourth-order valence-electron chi connectivity index (χ4n) is 1.96. The van der Waals surface area contributed by atoms with Crippen LogP contribution in [0.4, 0.5) is 5.69 Å². The average Bonchev–Trinajstić information content (AvgIpc) is 2.47. The zero-order valence-electron chi connectivity index (χ0n) is 10.7. The van der Waals surface area contributed by atoms with Crippen LogP contribution in [-0.4, -0.2) is 35.3 Å². The third-order valence-electron chi connectivity index (χ3n) is 2.97. The van der Waals surface area contributed by atoms with E-state index in [0.717, 1.165) is 12.8 Å². The Bertz CT molecular complexity index is 526. The van der Waals surface area contributed by atoms with Crippen molar-refractivity contribution >= 4 is 11.5 Å². The molecule has 1 fully saturated rings. The van der Waals surface area contributed by atoms with E-state index in [9.17, 15) is 10.1 Å². The lowest BCUT2D eigenvalue weighted by Gasteiger charge is -2.23. The van der Waals surface area contributed by atoms with Crippen LogP contribution in [0.5, 0.6) is 5.75 Å². The third-order valence-corrected chi connectivity index (χ3v) is 2.97. The molecule has 8 heteroatoms. The molecule has 0 amide bonds. The van der Waals surface area contributed by atoms with E-state index in [0.29, 0.717) is 13.2 Å². The summed E-state index contributed by atoms with van der Waals surface area (Å²) in [5.41, 5.74) is 5.45. The highest BCUT2D eigenvalue weighted by atomic mass is 16.6. The average molecular weight is 281 g/mol.